The summed E-state index contributed by atoms with van der Waals surface area (Å²) in [5.41, 5.74) is 11.6. The van der Waals surface area contributed by atoms with Crippen molar-refractivity contribution in [2.45, 2.75) is 26.8 Å². The molecule has 0 unspecified atom stereocenters. The van der Waals surface area contributed by atoms with Crippen molar-refractivity contribution >= 4 is 18.2 Å². The van der Waals surface area contributed by atoms with E-state index in [0.717, 1.165) is 34.8 Å². The summed E-state index contributed by atoms with van der Waals surface area (Å²) >= 11 is 0. The number of likely N-dealkylation sites (N-methyl/N-ethyl adjacent to an activating group) is 1. The highest BCUT2D eigenvalue weighted by Crippen LogP contribution is 2.30. The van der Waals surface area contributed by atoms with Crippen LogP contribution in [0.25, 0.3) is 5.70 Å². The Balaban J connectivity index is 2.21. The number of rotatable bonds is 10. The van der Waals surface area contributed by atoms with Crippen LogP contribution in [0.15, 0.2) is 41.4 Å². The molecule has 7 heteroatoms. The third-order valence-electron chi connectivity index (χ3n) is 4.84. The van der Waals surface area contributed by atoms with E-state index in [2.05, 4.69) is 10.3 Å². The van der Waals surface area contributed by atoms with Gasteiger partial charge in [-0.15, -0.1) is 0 Å². The zero-order valence-electron chi connectivity index (χ0n) is 17.4. The second kappa shape index (κ2) is 11.2. The minimum Gasteiger partial charge on any atom is -0.491 e. The number of hydrogen-bond acceptors (Lipinski definition) is 5. The molecule has 5 nitrogen and oxygen atoms in total. The fourth-order valence-corrected chi connectivity index (χ4v) is 3.03. The monoisotopic (exact) mass is 415 g/mol. The van der Waals surface area contributed by atoms with Crippen LogP contribution < -0.4 is 15.8 Å². The van der Waals surface area contributed by atoms with Crippen LogP contribution in [0.5, 0.6) is 5.75 Å². The molecule has 0 saturated carbocycles. The Morgan fingerprint density at radius 2 is 1.93 bits per heavy atom. The van der Waals surface area contributed by atoms with E-state index in [9.17, 15) is 13.6 Å². The van der Waals surface area contributed by atoms with Gasteiger partial charge in [-0.1, -0.05) is 24.3 Å². The summed E-state index contributed by atoms with van der Waals surface area (Å²) in [5.74, 6) is 0.625. The highest BCUT2D eigenvalue weighted by Gasteiger charge is 2.14. The Kier molecular flexibility index (Phi) is 8.68. The van der Waals surface area contributed by atoms with E-state index >= 15 is 0 Å². The molecular weight excluding hydrogens is 388 g/mol. The molecule has 0 atom stereocenters. The predicted octanol–water partition coefficient (Wildman–Crippen LogP) is 3.90. The minimum atomic E-state index is -2.75. The lowest BCUT2D eigenvalue weighted by Crippen LogP contribution is -2.17. The van der Waals surface area contributed by atoms with Crippen LogP contribution in [0.4, 0.5) is 8.78 Å². The lowest BCUT2D eigenvalue weighted by atomic mass is 9.93. The van der Waals surface area contributed by atoms with Crippen molar-refractivity contribution < 1.29 is 18.3 Å². The molecular formula is C23H27F2N3O2. The molecule has 2 aromatic carbocycles. The van der Waals surface area contributed by atoms with Gasteiger partial charge in [0.25, 0.3) is 0 Å². The van der Waals surface area contributed by atoms with E-state index in [1.165, 1.54) is 6.08 Å². The first-order valence-electron chi connectivity index (χ1n) is 9.59. The van der Waals surface area contributed by atoms with Crippen molar-refractivity contribution in [2.75, 3.05) is 20.2 Å². The number of ether oxygens (including phenoxy) is 1. The number of aldehydes is 1. The third-order valence-corrected chi connectivity index (χ3v) is 4.84. The number of nitrogens with one attached hydrogen (secondary N) is 1. The number of aliphatic imine (C=N–C) groups is 1. The van der Waals surface area contributed by atoms with Crippen LogP contribution >= 0.6 is 0 Å². The Morgan fingerprint density at radius 1 is 1.23 bits per heavy atom. The number of nitrogens with zero attached hydrogens (tertiary/aromatic N) is 1. The molecule has 2 rings (SSSR count). The average molecular weight is 415 g/mol. The second-order valence-corrected chi connectivity index (χ2v) is 6.85. The summed E-state index contributed by atoms with van der Waals surface area (Å²) < 4.78 is 29.9. The topological polar surface area (TPSA) is 76.7 Å². The molecule has 0 heterocycles. The van der Waals surface area contributed by atoms with Gasteiger partial charge in [-0.25, -0.2) is 4.99 Å². The molecule has 0 bridgehead atoms. The van der Waals surface area contributed by atoms with Gasteiger partial charge in [-0.2, -0.15) is 8.78 Å². The van der Waals surface area contributed by atoms with Crippen LogP contribution in [0.2, 0.25) is 0 Å². The van der Waals surface area contributed by atoms with Crippen LogP contribution in [0, 0.1) is 13.8 Å². The molecule has 30 heavy (non-hydrogen) atoms. The Morgan fingerprint density at radius 3 is 2.53 bits per heavy atom. The van der Waals surface area contributed by atoms with Gasteiger partial charge in [-0.05, 0) is 67.3 Å². The van der Waals surface area contributed by atoms with Crippen molar-refractivity contribution in [1.82, 2.24) is 5.32 Å². The molecule has 0 aliphatic rings. The van der Waals surface area contributed by atoms with Gasteiger partial charge >= 0.3 is 6.55 Å². The van der Waals surface area contributed by atoms with E-state index in [1.54, 1.807) is 0 Å². The SMILES string of the molecule is CNCCOc1c(C=O)cc(Cc2ccc(/C(N)=C/C=N/C(F)F)cc2)c(C)c1C. The highest BCUT2D eigenvalue weighted by molar-refractivity contribution is 5.83. The van der Waals surface area contributed by atoms with Crippen molar-refractivity contribution in [1.29, 1.82) is 0 Å². The number of halogens is 2. The van der Waals surface area contributed by atoms with Gasteiger partial charge in [0, 0.05) is 18.5 Å². The van der Waals surface area contributed by atoms with Gasteiger partial charge in [0.05, 0.1) is 5.56 Å². The van der Waals surface area contributed by atoms with Gasteiger partial charge in [0.2, 0.25) is 0 Å². The summed E-state index contributed by atoms with van der Waals surface area (Å²) in [6.07, 6.45) is 3.81. The van der Waals surface area contributed by atoms with Gasteiger partial charge in [-0.3, -0.25) is 4.79 Å². The molecule has 2 aromatic rings. The number of carbonyl (C=O) groups excluding carboxylic acids is 1. The first-order chi connectivity index (χ1) is 14.4. The van der Waals surface area contributed by atoms with E-state index in [-0.39, 0.29) is 0 Å². The summed E-state index contributed by atoms with van der Waals surface area (Å²) in [4.78, 5) is 14.6. The largest absolute Gasteiger partial charge is 0.491 e. The Bertz CT molecular complexity index is 923. The first-order valence-corrected chi connectivity index (χ1v) is 9.59. The molecule has 3 N–H and O–H groups in total. The smallest absolute Gasteiger partial charge is 0.331 e. The fourth-order valence-electron chi connectivity index (χ4n) is 3.03. The minimum absolute atomic E-state index is 0.351. The molecule has 0 radical (unpaired) electrons. The molecule has 0 amide bonds. The molecule has 0 aromatic heterocycles. The third kappa shape index (κ3) is 6.22. The number of carbonyl (C=O) groups is 1. The number of allylic oxidation sites excluding steroid dienone is 1. The van der Waals surface area contributed by atoms with Crippen LogP contribution in [-0.4, -0.2) is 39.2 Å². The normalized spacial score (nSPS) is 12.0. The second-order valence-electron chi connectivity index (χ2n) is 6.85. The average Bonchev–Trinajstić information content (AvgIpc) is 2.73. The molecule has 0 aliphatic carbocycles. The summed E-state index contributed by atoms with van der Waals surface area (Å²) in [5, 5.41) is 3.02. The number of hydrogen-bond donors (Lipinski definition) is 2. The van der Waals surface area contributed by atoms with Crippen molar-refractivity contribution in [3.05, 3.63) is 69.8 Å². The van der Waals surface area contributed by atoms with Crippen LogP contribution in [-0.2, 0) is 6.42 Å². The number of alkyl halides is 2. The van der Waals surface area contributed by atoms with E-state index in [4.69, 9.17) is 10.5 Å². The van der Waals surface area contributed by atoms with E-state index in [0.29, 0.717) is 42.1 Å². The zero-order chi connectivity index (χ0) is 22.1. The molecule has 0 spiro atoms. The maximum atomic E-state index is 12.1. The predicted molar refractivity (Wildman–Crippen MR) is 117 cm³/mol. The number of nitrogens with two attached hydrogens (primary N) is 1. The highest BCUT2D eigenvalue weighted by atomic mass is 19.3. The zero-order valence-corrected chi connectivity index (χ0v) is 17.4. The van der Waals surface area contributed by atoms with E-state index in [1.807, 2.05) is 51.2 Å². The molecule has 160 valence electrons. The Hall–Kier alpha value is -3.06. The Labute approximate surface area is 175 Å². The maximum absolute atomic E-state index is 12.1. The number of benzene rings is 2. The summed E-state index contributed by atoms with van der Waals surface area (Å²) in [6, 6.07) is 9.37. The van der Waals surface area contributed by atoms with E-state index < -0.39 is 6.55 Å². The summed E-state index contributed by atoms with van der Waals surface area (Å²) in [6.45, 7) is 2.39. The molecule has 0 aliphatic heterocycles. The lowest BCUT2D eigenvalue weighted by molar-refractivity contribution is 0.111. The first kappa shape index (κ1) is 23.2. The fraction of sp³-hybridized carbons (Fsp3) is 0.304. The van der Waals surface area contributed by atoms with Crippen LogP contribution in [0.1, 0.15) is 38.2 Å². The molecule has 0 fully saturated rings. The van der Waals surface area contributed by atoms with Gasteiger partial charge in [0.1, 0.15) is 12.4 Å². The van der Waals surface area contributed by atoms with Crippen molar-refractivity contribution in [3.63, 3.8) is 0 Å². The maximum Gasteiger partial charge on any atom is 0.331 e. The van der Waals surface area contributed by atoms with Gasteiger partial charge < -0.3 is 15.8 Å². The lowest BCUT2D eigenvalue weighted by Gasteiger charge is -2.17. The van der Waals surface area contributed by atoms with Gasteiger partial charge in [0.15, 0.2) is 6.29 Å². The van der Waals surface area contributed by atoms with Crippen molar-refractivity contribution in [2.24, 2.45) is 10.7 Å². The quantitative estimate of drug-likeness (QED) is 0.267. The van der Waals surface area contributed by atoms with Crippen molar-refractivity contribution in [3.8, 4) is 5.75 Å². The summed E-state index contributed by atoms with van der Waals surface area (Å²) in [7, 11) is 1.84. The van der Waals surface area contributed by atoms with Crippen LogP contribution in [0.3, 0.4) is 0 Å². The molecule has 0 saturated heterocycles. The standard InChI is InChI=1S/C23H27F2N3O2/c1-15-16(2)22(30-11-10-27-3)20(14-29)13-19(15)12-17-4-6-18(7-5-17)21(26)8-9-28-23(24)25/h4-9,13-14,23,27H,10-12,26H2,1-3H3/b21-8-,28-9+.